The molecule has 4 rings (SSSR count). The number of aromatic nitrogens is 2. The zero-order chi connectivity index (χ0) is 21.3. The molecule has 30 heavy (non-hydrogen) atoms. The summed E-state index contributed by atoms with van der Waals surface area (Å²) in [7, 11) is -3.49. The van der Waals surface area contributed by atoms with Gasteiger partial charge in [0.05, 0.1) is 11.4 Å². The smallest absolute Gasteiger partial charge is 0.243 e. The predicted octanol–water partition coefficient (Wildman–Crippen LogP) is 3.17. The van der Waals surface area contributed by atoms with Crippen LogP contribution in [-0.4, -0.2) is 53.9 Å². The van der Waals surface area contributed by atoms with Crippen LogP contribution in [0.4, 0.5) is 0 Å². The fourth-order valence-corrected chi connectivity index (χ4v) is 5.31. The highest BCUT2D eigenvalue weighted by molar-refractivity contribution is 7.89. The van der Waals surface area contributed by atoms with E-state index in [4.69, 9.17) is 4.52 Å². The minimum Gasteiger partial charge on any atom is -0.338 e. The molecule has 7 nitrogen and oxygen atoms in total. The molecule has 1 aromatic heterocycles. The normalized spacial score (nSPS) is 16.1. The summed E-state index contributed by atoms with van der Waals surface area (Å²) in [5.41, 5.74) is 3.93. The fraction of sp³-hybridized carbons (Fsp3) is 0.364. The summed E-state index contributed by atoms with van der Waals surface area (Å²) in [4.78, 5) is 7.02. The van der Waals surface area contributed by atoms with Gasteiger partial charge in [0.15, 0.2) is 0 Å². The number of benzene rings is 2. The third-order valence-electron chi connectivity index (χ3n) is 5.42. The quantitative estimate of drug-likeness (QED) is 0.624. The first-order chi connectivity index (χ1) is 14.3. The minimum atomic E-state index is -3.49. The third-order valence-corrected chi connectivity index (χ3v) is 7.48. The van der Waals surface area contributed by atoms with E-state index in [-0.39, 0.29) is 0 Å². The van der Waals surface area contributed by atoms with Gasteiger partial charge in [-0.05, 0) is 32.4 Å². The first-order valence-corrected chi connectivity index (χ1v) is 11.5. The number of nitrogens with zero attached hydrogens (tertiary/aromatic N) is 4. The van der Waals surface area contributed by atoms with Gasteiger partial charge in [-0.2, -0.15) is 9.29 Å². The Morgan fingerprint density at radius 2 is 1.60 bits per heavy atom. The van der Waals surface area contributed by atoms with Crippen LogP contribution >= 0.6 is 0 Å². The number of rotatable bonds is 5. The summed E-state index contributed by atoms with van der Waals surface area (Å²) < 4.78 is 33.0. The van der Waals surface area contributed by atoms with Crippen LogP contribution in [0.2, 0.25) is 0 Å². The summed E-state index contributed by atoms with van der Waals surface area (Å²) in [6.45, 7) is 8.46. The number of hydrogen-bond donors (Lipinski definition) is 0. The van der Waals surface area contributed by atoms with Crippen molar-refractivity contribution in [1.82, 2.24) is 19.3 Å². The molecule has 1 aliphatic heterocycles. The van der Waals surface area contributed by atoms with Crippen molar-refractivity contribution in [2.45, 2.75) is 32.2 Å². The zero-order valence-electron chi connectivity index (χ0n) is 17.5. The number of hydrogen-bond acceptors (Lipinski definition) is 6. The van der Waals surface area contributed by atoms with Gasteiger partial charge in [-0.3, -0.25) is 4.90 Å². The molecule has 0 amide bonds. The lowest BCUT2D eigenvalue weighted by Crippen LogP contribution is -2.48. The van der Waals surface area contributed by atoms with Crippen molar-refractivity contribution in [3.63, 3.8) is 0 Å². The fourth-order valence-electron chi connectivity index (χ4n) is 3.69. The van der Waals surface area contributed by atoms with Crippen LogP contribution in [0.1, 0.15) is 22.6 Å². The molecule has 0 spiro atoms. The monoisotopic (exact) mass is 426 g/mol. The van der Waals surface area contributed by atoms with Gasteiger partial charge in [0, 0.05) is 31.7 Å². The second-order valence-electron chi connectivity index (χ2n) is 7.83. The highest BCUT2D eigenvalue weighted by atomic mass is 32.2. The number of aryl methyl sites for hydroxylation is 3. The van der Waals surface area contributed by atoms with E-state index in [2.05, 4.69) is 15.0 Å². The van der Waals surface area contributed by atoms with Crippen LogP contribution in [0.3, 0.4) is 0 Å². The molecule has 0 radical (unpaired) electrons. The predicted molar refractivity (Wildman–Crippen MR) is 114 cm³/mol. The van der Waals surface area contributed by atoms with Gasteiger partial charge in [-0.1, -0.05) is 52.7 Å². The van der Waals surface area contributed by atoms with Gasteiger partial charge in [0.2, 0.25) is 21.7 Å². The molecule has 0 saturated carbocycles. The Labute approximate surface area is 177 Å². The Balaban J connectivity index is 1.38. The van der Waals surface area contributed by atoms with Crippen molar-refractivity contribution in [2.75, 3.05) is 26.2 Å². The first kappa shape index (κ1) is 20.7. The first-order valence-electron chi connectivity index (χ1n) is 10.0. The summed E-state index contributed by atoms with van der Waals surface area (Å²) >= 11 is 0. The molecule has 0 aliphatic carbocycles. The molecule has 1 fully saturated rings. The Bertz CT molecular complexity index is 1130. The Kier molecular flexibility index (Phi) is 5.73. The molecular formula is C22H26N4O3S. The van der Waals surface area contributed by atoms with Crippen LogP contribution < -0.4 is 0 Å². The van der Waals surface area contributed by atoms with Gasteiger partial charge in [-0.15, -0.1) is 0 Å². The summed E-state index contributed by atoms with van der Waals surface area (Å²) in [6.07, 6.45) is 0. The Morgan fingerprint density at radius 3 is 2.27 bits per heavy atom. The van der Waals surface area contributed by atoms with Crippen molar-refractivity contribution in [3.05, 3.63) is 65.0 Å². The maximum Gasteiger partial charge on any atom is 0.243 e. The second kappa shape index (κ2) is 8.29. The molecule has 2 heterocycles. The van der Waals surface area contributed by atoms with Crippen molar-refractivity contribution < 1.29 is 12.9 Å². The maximum absolute atomic E-state index is 13.0. The van der Waals surface area contributed by atoms with E-state index in [1.54, 1.807) is 10.4 Å². The highest BCUT2D eigenvalue weighted by Crippen LogP contribution is 2.23. The van der Waals surface area contributed by atoms with E-state index < -0.39 is 10.0 Å². The summed E-state index contributed by atoms with van der Waals surface area (Å²) in [5, 5.41) is 4.07. The summed E-state index contributed by atoms with van der Waals surface area (Å²) in [6, 6.07) is 13.4. The molecule has 1 saturated heterocycles. The van der Waals surface area contributed by atoms with Gasteiger partial charge in [-0.25, -0.2) is 8.42 Å². The van der Waals surface area contributed by atoms with Gasteiger partial charge >= 0.3 is 0 Å². The van der Waals surface area contributed by atoms with E-state index in [0.29, 0.717) is 49.3 Å². The molecule has 8 heteroatoms. The maximum atomic E-state index is 13.0. The SMILES string of the molecule is Cc1ccc(-c2noc(CN3CCN(S(=O)(=O)c4ccc(C)cc4C)CC3)n2)cc1. The van der Waals surface area contributed by atoms with Crippen LogP contribution in [0.25, 0.3) is 11.4 Å². The van der Waals surface area contributed by atoms with E-state index in [1.165, 1.54) is 5.56 Å². The van der Waals surface area contributed by atoms with Gasteiger partial charge in [0.25, 0.3) is 0 Å². The average Bonchev–Trinajstić information content (AvgIpc) is 3.17. The number of sulfonamides is 1. The molecule has 2 aromatic carbocycles. The Hall–Kier alpha value is -2.55. The third kappa shape index (κ3) is 4.30. The van der Waals surface area contributed by atoms with Crippen LogP contribution in [0.5, 0.6) is 0 Å². The number of piperazine rings is 1. The van der Waals surface area contributed by atoms with Crippen LogP contribution in [-0.2, 0) is 16.6 Å². The second-order valence-corrected chi connectivity index (χ2v) is 9.73. The molecule has 1 aliphatic rings. The lowest BCUT2D eigenvalue weighted by Gasteiger charge is -2.33. The largest absolute Gasteiger partial charge is 0.338 e. The van der Waals surface area contributed by atoms with Crippen LogP contribution in [0.15, 0.2) is 51.9 Å². The molecule has 0 N–H and O–H groups in total. The van der Waals surface area contributed by atoms with Gasteiger partial charge < -0.3 is 4.52 Å². The molecular weight excluding hydrogens is 400 g/mol. The molecule has 0 unspecified atom stereocenters. The van der Waals surface area contributed by atoms with Crippen molar-refractivity contribution in [1.29, 1.82) is 0 Å². The lowest BCUT2D eigenvalue weighted by atomic mass is 10.1. The van der Waals surface area contributed by atoms with Crippen molar-refractivity contribution >= 4 is 10.0 Å². The highest BCUT2D eigenvalue weighted by Gasteiger charge is 2.30. The van der Waals surface area contributed by atoms with E-state index >= 15 is 0 Å². The van der Waals surface area contributed by atoms with E-state index in [1.807, 2.05) is 57.2 Å². The lowest BCUT2D eigenvalue weighted by molar-refractivity contribution is 0.163. The zero-order valence-corrected chi connectivity index (χ0v) is 18.3. The van der Waals surface area contributed by atoms with Crippen molar-refractivity contribution in [2.24, 2.45) is 0 Å². The molecule has 3 aromatic rings. The average molecular weight is 427 g/mol. The Morgan fingerprint density at radius 1 is 0.933 bits per heavy atom. The summed E-state index contributed by atoms with van der Waals surface area (Å²) in [5.74, 6) is 1.11. The van der Waals surface area contributed by atoms with Crippen LogP contribution in [0, 0.1) is 20.8 Å². The molecule has 0 atom stereocenters. The topological polar surface area (TPSA) is 79.5 Å². The minimum absolute atomic E-state index is 0.390. The van der Waals surface area contributed by atoms with E-state index in [9.17, 15) is 8.42 Å². The molecule has 0 bridgehead atoms. The molecule has 158 valence electrons. The van der Waals surface area contributed by atoms with E-state index in [0.717, 1.165) is 16.7 Å². The standard InChI is InChI=1S/C22H26N4O3S/c1-16-4-7-19(8-5-16)22-23-21(29-24-22)15-25-10-12-26(13-11-25)30(27,28)20-9-6-17(2)14-18(20)3/h4-9,14H,10-13,15H2,1-3H3. The van der Waals surface area contributed by atoms with Gasteiger partial charge in [0.1, 0.15) is 0 Å². The van der Waals surface area contributed by atoms with Crippen molar-refractivity contribution in [3.8, 4) is 11.4 Å².